The molecule has 16 heteroatoms. The van der Waals surface area contributed by atoms with Gasteiger partial charge in [0, 0.05) is 23.7 Å². The van der Waals surface area contributed by atoms with E-state index in [9.17, 15) is 38.4 Å². The van der Waals surface area contributed by atoms with Crippen molar-refractivity contribution < 1.29 is 76.3 Å². The molecule has 5 rings (SSSR count). The van der Waals surface area contributed by atoms with Gasteiger partial charge in [-0.2, -0.15) is 0 Å². The van der Waals surface area contributed by atoms with Crippen molar-refractivity contribution in [3.05, 3.63) is 138 Å². The predicted octanol–water partition coefficient (Wildman–Crippen LogP) is 17.3. The van der Waals surface area contributed by atoms with Crippen LogP contribution in [0, 0.1) is 43.3 Å². The summed E-state index contributed by atoms with van der Waals surface area (Å²) in [4.78, 5) is 111. The molecule has 0 unspecified atom stereocenters. The van der Waals surface area contributed by atoms with E-state index in [-0.39, 0.29) is 52.9 Å². The van der Waals surface area contributed by atoms with E-state index >= 15 is 0 Å². The first-order valence-electron chi connectivity index (χ1n) is 33.6. The largest absolute Gasteiger partial charge is 0.460 e. The van der Waals surface area contributed by atoms with Gasteiger partial charge in [0.15, 0.2) is 0 Å². The number of hydrogen-bond donors (Lipinski definition) is 0. The van der Waals surface area contributed by atoms with E-state index in [1.54, 1.807) is 166 Å². The lowest BCUT2D eigenvalue weighted by Gasteiger charge is -2.31. The van der Waals surface area contributed by atoms with Crippen molar-refractivity contribution in [2.24, 2.45) is 43.3 Å². The Hall–Kier alpha value is -7.36. The van der Waals surface area contributed by atoms with Gasteiger partial charge in [0.2, 0.25) is 0 Å². The Morgan fingerprint density at radius 3 is 0.385 bits per heavy atom. The number of esters is 8. The van der Waals surface area contributed by atoms with Gasteiger partial charge in [-0.05, 0) is 279 Å². The van der Waals surface area contributed by atoms with Crippen molar-refractivity contribution in [1.82, 2.24) is 0 Å². The predicted molar refractivity (Wildman–Crippen MR) is 370 cm³/mol. The van der Waals surface area contributed by atoms with Crippen LogP contribution in [0.1, 0.15) is 307 Å². The zero-order valence-corrected chi connectivity index (χ0v) is 63.1. The highest BCUT2D eigenvalue weighted by molar-refractivity contribution is 5.79. The molecule has 0 aromatic heterocycles. The highest BCUT2D eigenvalue weighted by Crippen LogP contribution is 2.45. The summed E-state index contributed by atoms with van der Waals surface area (Å²) in [5, 5.41) is 0. The highest BCUT2D eigenvalue weighted by atomic mass is 16.6. The molecule has 8 bridgehead atoms. The zero-order chi connectivity index (χ0) is 73.1. The van der Waals surface area contributed by atoms with Gasteiger partial charge in [0.1, 0.15) is 52.9 Å². The first-order valence-corrected chi connectivity index (χ1v) is 33.6. The molecule has 96 heavy (non-hydrogen) atoms. The number of carbonyl (C=O) groups excluding carboxylic acids is 8. The Morgan fingerprint density at radius 1 is 0.208 bits per heavy atom. The first-order chi connectivity index (χ1) is 43.6. The van der Waals surface area contributed by atoms with Crippen molar-refractivity contribution in [2.75, 3.05) is 0 Å². The van der Waals surface area contributed by atoms with Crippen LogP contribution in [0.15, 0.2) is 48.5 Å². The second-order valence-corrected chi connectivity index (χ2v) is 34.5. The molecule has 0 heterocycles. The lowest BCUT2D eigenvalue weighted by molar-refractivity contribution is -0.155. The molecule has 0 amide bonds. The van der Waals surface area contributed by atoms with Gasteiger partial charge in [-0.1, -0.05) is 52.0 Å². The summed E-state index contributed by atoms with van der Waals surface area (Å²) in [6.45, 7) is 49.0. The Kier molecular flexibility index (Phi) is 24.6. The van der Waals surface area contributed by atoms with E-state index in [2.05, 4.69) is 0 Å². The molecular formula is C80H112O16. The van der Waals surface area contributed by atoms with Crippen LogP contribution in [-0.2, 0) is 129 Å². The van der Waals surface area contributed by atoms with Crippen molar-refractivity contribution in [2.45, 2.75) is 270 Å². The number of rotatable bonds is 16. The minimum Gasteiger partial charge on any atom is -0.460 e. The molecule has 1 aliphatic carbocycles. The molecule has 0 radical (unpaired) electrons. The average molecular weight is 1330 g/mol. The van der Waals surface area contributed by atoms with Gasteiger partial charge in [-0.25, -0.2) is 0 Å². The summed E-state index contributed by atoms with van der Waals surface area (Å²) >= 11 is 0. The van der Waals surface area contributed by atoms with E-state index in [1.807, 2.05) is 76.2 Å². The maximum Gasteiger partial charge on any atom is 0.311 e. The van der Waals surface area contributed by atoms with E-state index in [1.165, 1.54) is 0 Å². The van der Waals surface area contributed by atoms with Crippen LogP contribution in [0.4, 0.5) is 0 Å². The van der Waals surface area contributed by atoms with Gasteiger partial charge in [0.05, 0.1) is 43.3 Å². The molecule has 1 aliphatic rings. The fourth-order valence-electron chi connectivity index (χ4n) is 10.7. The number of carbonyl (C=O) groups is 8. The third kappa shape index (κ3) is 20.4. The van der Waals surface area contributed by atoms with Crippen LogP contribution in [0.2, 0.25) is 0 Å². The summed E-state index contributed by atoms with van der Waals surface area (Å²) in [5.41, 5.74) is 3.23. The number of hydrogen-bond acceptors (Lipinski definition) is 16. The molecule has 528 valence electrons. The van der Waals surface area contributed by atoms with Crippen LogP contribution in [-0.4, -0.2) is 47.8 Å². The minimum atomic E-state index is -0.893. The van der Waals surface area contributed by atoms with Gasteiger partial charge >= 0.3 is 47.8 Å². The van der Waals surface area contributed by atoms with Gasteiger partial charge < -0.3 is 37.9 Å². The Bertz CT molecular complexity index is 2890. The van der Waals surface area contributed by atoms with Gasteiger partial charge in [-0.15, -0.1) is 0 Å². The molecule has 4 aromatic rings. The maximum atomic E-state index is 13.9. The summed E-state index contributed by atoms with van der Waals surface area (Å²) < 4.78 is 49.9. The zero-order valence-electron chi connectivity index (χ0n) is 63.1. The summed E-state index contributed by atoms with van der Waals surface area (Å²) in [6, 6.07) is 15.9. The Morgan fingerprint density at radius 2 is 0.302 bits per heavy atom. The minimum absolute atomic E-state index is 0.197. The van der Waals surface area contributed by atoms with E-state index in [0.29, 0.717) is 89.0 Å². The molecule has 0 saturated heterocycles. The first kappa shape index (κ1) is 79.3. The molecule has 0 aliphatic heterocycles. The highest BCUT2D eigenvalue weighted by Gasteiger charge is 2.36. The number of fused-ring (bicyclic) bond motifs is 8. The second kappa shape index (κ2) is 29.8. The van der Waals surface area contributed by atoms with Crippen LogP contribution in [0.5, 0.6) is 0 Å². The van der Waals surface area contributed by atoms with Gasteiger partial charge in [0.25, 0.3) is 0 Å². The quantitative estimate of drug-likeness (QED) is 0.0754. The van der Waals surface area contributed by atoms with Crippen LogP contribution in [0.3, 0.4) is 0 Å². The van der Waals surface area contributed by atoms with E-state index < -0.39 is 115 Å². The van der Waals surface area contributed by atoms with Crippen LogP contribution < -0.4 is 0 Å². The van der Waals surface area contributed by atoms with Crippen LogP contribution in [0.25, 0.3) is 0 Å². The van der Waals surface area contributed by atoms with E-state index in [0.717, 1.165) is 0 Å². The maximum absolute atomic E-state index is 13.9. The summed E-state index contributed by atoms with van der Waals surface area (Å²) in [5.74, 6) is -6.15. The lowest BCUT2D eigenvalue weighted by Crippen LogP contribution is -2.25. The monoisotopic (exact) mass is 1330 g/mol. The molecule has 0 saturated carbocycles. The third-order valence-corrected chi connectivity index (χ3v) is 17.1. The Labute approximate surface area is 572 Å². The lowest BCUT2D eigenvalue weighted by atomic mass is 9.76. The standard InChI is InChI=1S/C80H112O16/c1-45-57-33-59(51(39-91-67(83)75(11,12)13)29-49(57)37-89-65(81)73(5,6)7)46(2)61-35-63(55(43-95-71(87)79(23,24)25)31-53(61)41-93-69(85)77(17,18)19)48(4)64-36-62(54(42-94-70(86)78(20,21)22)32-56(64)44-96-72(88)80(26,27)28)47(3)60-34-58(45)50(38-90-66(82)74(8,9)10)30-52(60)40-92-68(84)76(14,15)16/h29-36,45-48H,37-44H2,1-28H3. The molecule has 0 spiro atoms. The van der Waals surface area contributed by atoms with Crippen molar-refractivity contribution in [1.29, 1.82) is 0 Å². The fourth-order valence-corrected chi connectivity index (χ4v) is 10.7. The van der Waals surface area contributed by atoms with Crippen molar-refractivity contribution in [3.63, 3.8) is 0 Å². The van der Waals surface area contributed by atoms with Crippen LogP contribution >= 0.6 is 0 Å². The van der Waals surface area contributed by atoms with Gasteiger partial charge in [-0.3, -0.25) is 38.4 Å². The third-order valence-electron chi connectivity index (χ3n) is 17.1. The SMILES string of the molecule is CC1c2cc(c(COC(=O)C(C)(C)C)cc2COC(=O)C(C)(C)C)C(C)c2cc(c(COC(=O)C(C)(C)C)cc2COC(=O)C(C)(C)C)C(C)c2cc(c(COC(=O)C(C)(C)C)cc2COC(=O)C(C)(C)C)C(C)c2cc1c(COC(=O)C(C)(C)C)cc2COC(=O)C(C)(C)C. The molecule has 0 fully saturated rings. The summed E-state index contributed by atoms with van der Waals surface area (Å²) in [7, 11) is 0. The average Bonchev–Trinajstić information content (AvgIpc) is 0.759. The fraction of sp³-hybridized carbons (Fsp3) is 0.600. The summed E-state index contributed by atoms with van der Waals surface area (Å²) in [6.07, 6.45) is 0. The molecule has 16 nitrogen and oxygen atoms in total. The molecule has 4 aromatic carbocycles. The second-order valence-electron chi connectivity index (χ2n) is 34.5. The smallest absolute Gasteiger partial charge is 0.311 e. The molecular weight excluding hydrogens is 1220 g/mol. The number of ether oxygens (including phenoxy) is 8. The molecule has 0 atom stereocenters. The van der Waals surface area contributed by atoms with Crippen molar-refractivity contribution in [3.8, 4) is 0 Å². The topological polar surface area (TPSA) is 210 Å². The van der Waals surface area contributed by atoms with E-state index in [4.69, 9.17) is 37.9 Å². The normalized spacial score (nSPS) is 16.4. The number of benzene rings is 4. The van der Waals surface area contributed by atoms with Crippen molar-refractivity contribution >= 4 is 47.8 Å². The molecule has 0 N–H and O–H groups in total. The Balaban J connectivity index is 2.18.